The Hall–Kier alpha value is -1.33. The standard InChI is InChI=1S/C10H15NO4/c1-8(13-2)14-6-7-15-10(12)9-4-3-5-11-9/h3-5,8,11H,6-7H2,1-2H3. The van der Waals surface area contributed by atoms with Crippen molar-refractivity contribution in [3.63, 3.8) is 0 Å². The molecule has 0 amide bonds. The molecule has 1 heterocycles. The number of rotatable bonds is 6. The summed E-state index contributed by atoms with van der Waals surface area (Å²) in [6.07, 6.45) is 1.38. The quantitative estimate of drug-likeness (QED) is 0.438. The fraction of sp³-hybridized carbons (Fsp3) is 0.500. The van der Waals surface area contributed by atoms with Gasteiger partial charge in [0.15, 0.2) is 6.29 Å². The van der Waals surface area contributed by atoms with Crippen LogP contribution in [0.1, 0.15) is 17.4 Å². The number of methoxy groups -OCH3 is 1. The average molecular weight is 213 g/mol. The summed E-state index contributed by atoms with van der Waals surface area (Å²) in [7, 11) is 1.55. The van der Waals surface area contributed by atoms with Crippen LogP contribution in [-0.4, -0.2) is 37.6 Å². The van der Waals surface area contributed by atoms with E-state index >= 15 is 0 Å². The van der Waals surface area contributed by atoms with Crippen LogP contribution in [0.25, 0.3) is 0 Å². The average Bonchev–Trinajstić information content (AvgIpc) is 2.77. The Kier molecular flexibility index (Phi) is 4.86. The van der Waals surface area contributed by atoms with E-state index in [0.717, 1.165) is 0 Å². The Balaban J connectivity index is 2.13. The van der Waals surface area contributed by atoms with Gasteiger partial charge in [0.05, 0.1) is 6.61 Å². The summed E-state index contributed by atoms with van der Waals surface area (Å²) in [4.78, 5) is 14.0. The third kappa shape index (κ3) is 4.14. The summed E-state index contributed by atoms with van der Waals surface area (Å²) in [6.45, 7) is 2.31. The van der Waals surface area contributed by atoms with Crippen LogP contribution < -0.4 is 0 Å². The Bertz CT molecular complexity index is 284. The molecule has 1 aromatic heterocycles. The molecule has 0 radical (unpaired) electrons. The molecule has 1 atom stereocenters. The van der Waals surface area contributed by atoms with E-state index in [4.69, 9.17) is 14.2 Å². The minimum Gasteiger partial charge on any atom is -0.459 e. The van der Waals surface area contributed by atoms with Crippen molar-refractivity contribution in [1.29, 1.82) is 0 Å². The highest BCUT2D eigenvalue weighted by Crippen LogP contribution is 1.98. The molecule has 84 valence electrons. The van der Waals surface area contributed by atoms with Crippen LogP contribution in [0.5, 0.6) is 0 Å². The van der Waals surface area contributed by atoms with E-state index in [1.807, 2.05) is 0 Å². The number of H-pyrrole nitrogens is 1. The number of carbonyl (C=O) groups excluding carboxylic acids is 1. The maximum Gasteiger partial charge on any atom is 0.354 e. The summed E-state index contributed by atoms with van der Waals surface area (Å²) < 4.78 is 14.9. The van der Waals surface area contributed by atoms with Gasteiger partial charge in [0.2, 0.25) is 0 Å². The lowest BCUT2D eigenvalue weighted by atomic mass is 10.4. The molecule has 0 aromatic carbocycles. The summed E-state index contributed by atoms with van der Waals surface area (Å²) in [5.41, 5.74) is 0.440. The number of hydrogen-bond donors (Lipinski definition) is 1. The van der Waals surface area contributed by atoms with Gasteiger partial charge in [0.25, 0.3) is 0 Å². The van der Waals surface area contributed by atoms with Gasteiger partial charge in [-0.15, -0.1) is 0 Å². The molecule has 0 aliphatic heterocycles. The maximum absolute atomic E-state index is 11.3. The number of nitrogens with one attached hydrogen (secondary N) is 1. The number of esters is 1. The van der Waals surface area contributed by atoms with Gasteiger partial charge in [0.1, 0.15) is 12.3 Å². The first-order valence-electron chi connectivity index (χ1n) is 4.69. The molecule has 1 aromatic rings. The van der Waals surface area contributed by atoms with Crippen molar-refractivity contribution in [3.8, 4) is 0 Å². The first kappa shape index (κ1) is 11.7. The molecule has 0 saturated heterocycles. The highest BCUT2D eigenvalue weighted by Gasteiger charge is 2.07. The molecule has 0 aliphatic carbocycles. The molecule has 15 heavy (non-hydrogen) atoms. The van der Waals surface area contributed by atoms with Crippen molar-refractivity contribution in [2.75, 3.05) is 20.3 Å². The van der Waals surface area contributed by atoms with Gasteiger partial charge in [-0.3, -0.25) is 0 Å². The van der Waals surface area contributed by atoms with Gasteiger partial charge in [0, 0.05) is 13.3 Å². The van der Waals surface area contributed by atoms with E-state index in [-0.39, 0.29) is 18.9 Å². The molecule has 0 saturated carbocycles. The summed E-state index contributed by atoms with van der Waals surface area (Å²) >= 11 is 0. The number of ether oxygens (including phenoxy) is 3. The molecule has 0 spiro atoms. The first-order chi connectivity index (χ1) is 7.24. The third-order valence-corrected chi connectivity index (χ3v) is 1.82. The smallest absolute Gasteiger partial charge is 0.354 e. The summed E-state index contributed by atoms with van der Waals surface area (Å²) in [5.74, 6) is -0.381. The van der Waals surface area contributed by atoms with Crippen molar-refractivity contribution in [2.24, 2.45) is 0 Å². The van der Waals surface area contributed by atoms with Crippen molar-refractivity contribution < 1.29 is 19.0 Å². The normalized spacial score (nSPS) is 12.4. The van der Waals surface area contributed by atoms with Crippen molar-refractivity contribution in [2.45, 2.75) is 13.2 Å². The fourth-order valence-corrected chi connectivity index (χ4v) is 0.952. The Labute approximate surface area is 88.3 Å². The largest absolute Gasteiger partial charge is 0.459 e. The molecule has 1 N–H and O–H groups in total. The highest BCUT2D eigenvalue weighted by molar-refractivity contribution is 5.87. The SMILES string of the molecule is COC(C)OCCOC(=O)c1ccc[nH]1. The van der Waals surface area contributed by atoms with Gasteiger partial charge in [-0.2, -0.15) is 0 Å². The van der Waals surface area contributed by atoms with Crippen LogP contribution in [0.2, 0.25) is 0 Å². The molecule has 0 bridgehead atoms. The van der Waals surface area contributed by atoms with Gasteiger partial charge in [-0.25, -0.2) is 4.79 Å². The molecule has 5 nitrogen and oxygen atoms in total. The van der Waals surface area contributed by atoms with Crippen molar-refractivity contribution in [1.82, 2.24) is 4.98 Å². The zero-order valence-corrected chi connectivity index (χ0v) is 8.86. The Morgan fingerprint density at radius 2 is 2.33 bits per heavy atom. The van der Waals surface area contributed by atoms with E-state index in [2.05, 4.69) is 4.98 Å². The summed E-state index contributed by atoms with van der Waals surface area (Å²) in [5, 5.41) is 0. The van der Waals surface area contributed by atoms with Crippen molar-refractivity contribution in [3.05, 3.63) is 24.0 Å². The highest BCUT2D eigenvalue weighted by atomic mass is 16.7. The lowest BCUT2D eigenvalue weighted by Gasteiger charge is -2.10. The number of aromatic nitrogens is 1. The third-order valence-electron chi connectivity index (χ3n) is 1.82. The van der Waals surface area contributed by atoms with E-state index < -0.39 is 0 Å². The molecular weight excluding hydrogens is 198 g/mol. The zero-order valence-electron chi connectivity index (χ0n) is 8.86. The number of carbonyl (C=O) groups is 1. The van der Waals surface area contributed by atoms with Crippen LogP contribution in [0.4, 0.5) is 0 Å². The van der Waals surface area contributed by atoms with Crippen LogP contribution >= 0.6 is 0 Å². The topological polar surface area (TPSA) is 60.6 Å². The van der Waals surface area contributed by atoms with Gasteiger partial charge >= 0.3 is 5.97 Å². The number of hydrogen-bond acceptors (Lipinski definition) is 4. The van der Waals surface area contributed by atoms with Crippen LogP contribution in [0.15, 0.2) is 18.3 Å². The fourth-order valence-electron chi connectivity index (χ4n) is 0.952. The van der Waals surface area contributed by atoms with E-state index in [9.17, 15) is 4.79 Å². The minimum atomic E-state index is -0.381. The number of aromatic amines is 1. The lowest BCUT2D eigenvalue weighted by molar-refractivity contribution is -0.118. The maximum atomic E-state index is 11.3. The summed E-state index contributed by atoms with van der Waals surface area (Å²) in [6, 6.07) is 3.39. The second-order valence-electron chi connectivity index (χ2n) is 2.89. The Morgan fingerprint density at radius 3 is 2.93 bits per heavy atom. The first-order valence-corrected chi connectivity index (χ1v) is 4.69. The minimum absolute atomic E-state index is 0.214. The van der Waals surface area contributed by atoms with E-state index in [0.29, 0.717) is 12.3 Å². The van der Waals surface area contributed by atoms with E-state index in [1.165, 1.54) is 0 Å². The predicted octanol–water partition coefficient (Wildman–Crippen LogP) is 1.18. The lowest BCUT2D eigenvalue weighted by Crippen LogP contribution is -2.16. The second kappa shape index (κ2) is 6.21. The molecule has 5 heteroatoms. The molecule has 1 unspecified atom stereocenters. The van der Waals surface area contributed by atoms with Crippen molar-refractivity contribution >= 4 is 5.97 Å². The zero-order chi connectivity index (χ0) is 11.1. The van der Waals surface area contributed by atoms with Gasteiger partial charge in [-0.05, 0) is 19.1 Å². The van der Waals surface area contributed by atoms with Crippen LogP contribution in [-0.2, 0) is 14.2 Å². The van der Waals surface area contributed by atoms with Crippen LogP contribution in [0.3, 0.4) is 0 Å². The van der Waals surface area contributed by atoms with E-state index in [1.54, 1.807) is 32.4 Å². The predicted molar refractivity (Wildman–Crippen MR) is 53.5 cm³/mol. The molecule has 1 rings (SSSR count). The van der Waals surface area contributed by atoms with Crippen LogP contribution in [0, 0.1) is 0 Å². The molecule has 0 fully saturated rings. The molecular formula is C10H15NO4. The second-order valence-corrected chi connectivity index (χ2v) is 2.89. The van der Waals surface area contributed by atoms with Gasteiger partial charge in [-0.1, -0.05) is 0 Å². The molecule has 0 aliphatic rings. The Morgan fingerprint density at radius 1 is 1.53 bits per heavy atom. The monoisotopic (exact) mass is 213 g/mol. The van der Waals surface area contributed by atoms with Gasteiger partial charge < -0.3 is 19.2 Å².